The van der Waals surface area contributed by atoms with E-state index < -0.39 is 0 Å². The Morgan fingerprint density at radius 3 is 2.26 bits per heavy atom. The molecule has 1 heterocycles. The van der Waals surface area contributed by atoms with Crippen LogP contribution in [0.3, 0.4) is 0 Å². The molecule has 1 aliphatic rings. The third-order valence-corrected chi connectivity index (χ3v) is 5.57. The summed E-state index contributed by atoms with van der Waals surface area (Å²) in [7, 11) is 0. The van der Waals surface area contributed by atoms with Crippen molar-refractivity contribution in [3.8, 4) is 0 Å². The summed E-state index contributed by atoms with van der Waals surface area (Å²) in [4.78, 5) is 29.0. The number of hydrogen-bond donors (Lipinski definition) is 0. The zero-order chi connectivity index (χ0) is 19.2. The summed E-state index contributed by atoms with van der Waals surface area (Å²) in [6.07, 6.45) is 2.48. The molecule has 2 amide bonds. The predicted molar refractivity (Wildman–Crippen MR) is 113 cm³/mol. The number of amides is 2. The Kier molecular flexibility index (Phi) is 6.35. The van der Waals surface area contributed by atoms with Gasteiger partial charge in [0.2, 0.25) is 0 Å². The van der Waals surface area contributed by atoms with Crippen molar-refractivity contribution in [1.29, 1.82) is 0 Å². The van der Waals surface area contributed by atoms with Crippen molar-refractivity contribution in [3.63, 3.8) is 0 Å². The van der Waals surface area contributed by atoms with E-state index in [1.165, 1.54) is 4.90 Å². The standard InChI is InChI=1S/C22H24N2O2S/c1-3-23(4-2)19-12-10-18(11-13-19)16-20-21(25)24(22(26)27-20)15-14-17-8-6-5-7-9-17/h5-13,16H,3-4,14-15H2,1-2H3/b20-16-. The van der Waals surface area contributed by atoms with Crippen LogP contribution in [-0.4, -0.2) is 35.7 Å². The van der Waals surface area contributed by atoms with Crippen LogP contribution in [0.5, 0.6) is 0 Å². The summed E-state index contributed by atoms with van der Waals surface area (Å²) >= 11 is 1.02. The van der Waals surface area contributed by atoms with Crippen molar-refractivity contribution in [3.05, 3.63) is 70.6 Å². The van der Waals surface area contributed by atoms with E-state index in [1.54, 1.807) is 6.08 Å². The highest BCUT2D eigenvalue weighted by molar-refractivity contribution is 8.18. The minimum Gasteiger partial charge on any atom is -0.372 e. The van der Waals surface area contributed by atoms with Gasteiger partial charge in [-0.15, -0.1) is 0 Å². The molecular weight excluding hydrogens is 356 g/mol. The van der Waals surface area contributed by atoms with Crippen molar-refractivity contribution in [2.45, 2.75) is 20.3 Å². The fourth-order valence-electron chi connectivity index (χ4n) is 3.10. The topological polar surface area (TPSA) is 40.6 Å². The van der Waals surface area contributed by atoms with Gasteiger partial charge in [0.15, 0.2) is 0 Å². The molecule has 5 heteroatoms. The van der Waals surface area contributed by atoms with Gasteiger partial charge in [-0.3, -0.25) is 14.5 Å². The highest BCUT2D eigenvalue weighted by Crippen LogP contribution is 2.32. The number of hydrogen-bond acceptors (Lipinski definition) is 4. The van der Waals surface area contributed by atoms with E-state index in [4.69, 9.17) is 0 Å². The summed E-state index contributed by atoms with van der Waals surface area (Å²) in [5, 5.41) is -0.193. The molecule has 0 saturated carbocycles. The van der Waals surface area contributed by atoms with Gasteiger partial charge in [-0.2, -0.15) is 0 Å². The number of thioether (sulfide) groups is 1. The molecule has 140 valence electrons. The van der Waals surface area contributed by atoms with Crippen molar-refractivity contribution in [1.82, 2.24) is 4.90 Å². The van der Waals surface area contributed by atoms with Crippen molar-refractivity contribution < 1.29 is 9.59 Å². The molecular formula is C22H24N2O2S. The maximum absolute atomic E-state index is 12.6. The van der Waals surface area contributed by atoms with Crippen LogP contribution in [0, 0.1) is 0 Å². The minimum absolute atomic E-state index is 0.193. The maximum Gasteiger partial charge on any atom is 0.293 e. The maximum atomic E-state index is 12.6. The van der Waals surface area contributed by atoms with Gasteiger partial charge in [0, 0.05) is 25.3 Å². The van der Waals surface area contributed by atoms with Crippen molar-refractivity contribution in [2.24, 2.45) is 0 Å². The van der Waals surface area contributed by atoms with E-state index >= 15 is 0 Å². The highest BCUT2D eigenvalue weighted by Gasteiger charge is 2.34. The molecule has 0 radical (unpaired) electrons. The lowest BCUT2D eigenvalue weighted by Crippen LogP contribution is -2.30. The second-order valence-corrected chi connectivity index (χ2v) is 7.33. The molecule has 0 bridgehead atoms. The molecule has 2 aromatic carbocycles. The third-order valence-electron chi connectivity index (χ3n) is 4.66. The van der Waals surface area contributed by atoms with Crippen LogP contribution in [-0.2, 0) is 11.2 Å². The number of carbonyl (C=O) groups excluding carboxylic acids is 2. The van der Waals surface area contributed by atoms with Gasteiger partial charge in [-0.1, -0.05) is 42.5 Å². The number of carbonyl (C=O) groups is 2. The van der Waals surface area contributed by atoms with Gasteiger partial charge >= 0.3 is 0 Å². The van der Waals surface area contributed by atoms with Gasteiger partial charge in [-0.25, -0.2) is 0 Å². The third kappa shape index (κ3) is 4.61. The predicted octanol–water partition coefficient (Wildman–Crippen LogP) is 4.81. The molecule has 1 fully saturated rings. The molecule has 1 saturated heterocycles. The van der Waals surface area contributed by atoms with Crippen LogP contribution in [0.25, 0.3) is 6.08 Å². The monoisotopic (exact) mass is 380 g/mol. The second kappa shape index (κ2) is 8.91. The fourth-order valence-corrected chi connectivity index (χ4v) is 3.96. The zero-order valence-corrected chi connectivity index (χ0v) is 16.5. The first-order chi connectivity index (χ1) is 13.1. The van der Waals surface area contributed by atoms with E-state index in [9.17, 15) is 9.59 Å². The molecule has 0 unspecified atom stereocenters. The molecule has 0 aromatic heterocycles. The average Bonchev–Trinajstić information content (AvgIpc) is 2.96. The van der Waals surface area contributed by atoms with Gasteiger partial charge in [0.1, 0.15) is 0 Å². The van der Waals surface area contributed by atoms with E-state index in [0.717, 1.165) is 41.7 Å². The second-order valence-electron chi connectivity index (χ2n) is 6.33. The van der Waals surface area contributed by atoms with Gasteiger partial charge in [0.05, 0.1) is 4.91 Å². The summed E-state index contributed by atoms with van der Waals surface area (Å²) < 4.78 is 0. The summed E-state index contributed by atoms with van der Waals surface area (Å²) in [6, 6.07) is 18.0. The first-order valence-corrected chi connectivity index (χ1v) is 10.1. The lowest BCUT2D eigenvalue weighted by Gasteiger charge is -2.20. The number of imide groups is 1. The van der Waals surface area contributed by atoms with E-state index in [0.29, 0.717) is 17.9 Å². The van der Waals surface area contributed by atoms with E-state index in [-0.39, 0.29) is 11.1 Å². The van der Waals surface area contributed by atoms with Crippen LogP contribution in [0.15, 0.2) is 59.5 Å². The quantitative estimate of drug-likeness (QED) is 0.646. The minimum atomic E-state index is -0.200. The highest BCUT2D eigenvalue weighted by atomic mass is 32.2. The van der Waals surface area contributed by atoms with E-state index in [1.807, 2.05) is 42.5 Å². The molecule has 4 nitrogen and oxygen atoms in total. The number of nitrogens with zero attached hydrogens (tertiary/aromatic N) is 2. The molecule has 27 heavy (non-hydrogen) atoms. The Morgan fingerprint density at radius 1 is 0.963 bits per heavy atom. The van der Waals surface area contributed by atoms with Crippen LogP contribution >= 0.6 is 11.8 Å². The van der Waals surface area contributed by atoms with Gasteiger partial charge in [-0.05, 0) is 61.4 Å². The van der Waals surface area contributed by atoms with Crippen molar-refractivity contribution in [2.75, 3.05) is 24.5 Å². The molecule has 0 aliphatic carbocycles. The molecule has 2 aromatic rings. The van der Waals surface area contributed by atoms with Gasteiger partial charge < -0.3 is 4.90 Å². The average molecular weight is 381 g/mol. The van der Waals surface area contributed by atoms with Crippen LogP contribution in [0.4, 0.5) is 10.5 Å². The normalized spacial score (nSPS) is 15.6. The van der Waals surface area contributed by atoms with Crippen molar-refractivity contribution >= 4 is 34.7 Å². The first-order valence-electron chi connectivity index (χ1n) is 9.26. The van der Waals surface area contributed by atoms with Gasteiger partial charge in [0.25, 0.3) is 11.1 Å². The Labute approximate surface area is 164 Å². The number of benzene rings is 2. The number of anilines is 1. The summed E-state index contributed by atoms with van der Waals surface area (Å²) in [5.41, 5.74) is 3.21. The molecule has 3 rings (SSSR count). The largest absolute Gasteiger partial charge is 0.372 e. The lowest BCUT2D eigenvalue weighted by atomic mass is 10.1. The molecule has 0 atom stereocenters. The fraction of sp³-hybridized carbons (Fsp3) is 0.273. The Balaban J connectivity index is 1.68. The smallest absolute Gasteiger partial charge is 0.293 e. The van der Waals surface area contributed by atoms with Crippen LogP contribution in [0.2, 0.25) is 0 Å². The van der Waals surface area contributed by atoms with Crippen LogP contribution in [0.1, 0.15) is 25.0 Å². The number of rotatable bonds is 7. The summed E-state index contributed by atoms with van der Waals surface area (Å²) in [5.74, 6) is -0.200. The SMILES string of the molecule is CCN(CC)c1ccc(/C=C2\SC(=O)N(CCc3ccccc3)C2=O)cc1. The molecule has 0 N–H and O–H groups in total. The molecule has 0 spiro atoms. The first kappa shape index (κ1) is 19.2. The van der Waals surface area contributed by atoms with Crippen LogP contribution < -0.4 is 4.90 Å². The Morgan fingerprint density at radius 2 is 1.63 bits per heavy atom. The summed E-state index contributed by atoms with van der Waals surface area (Å²) in [6.45, 7) is 6.57. The van der Waals surface area contributed by atoms with E-state index in [2.05, 4.69) is 30.9 Å². The zero-order valence-electron chi connectivity index (χ0n) is 15.7. The Bertz CT molecular complexity index is 827. The molecule has 1 aliphatic heterocycles. The lowest BCUT2D eigenvalue weighted by molar-refractivity contribution is -0.122. The Hall–Kier alpha value is -2.53.